The topological polar surface area (TPSA) is 107 Å². The van der Waals surface area contributed by atoms with E-state index in [-0.39, 0.29) is 19.3 Å². The molecule has 3 fully saturated rings. The molecule has 7 rings (SSSR count). The molecular formula is C38H46FN7O4. The second kappa shape index (κ2) is 15.3. The summed E-state index contributed by atoms with van der Waals surface area (Å²) in [4.78, 5) is 30.8. The van der Waals surface area contributed by atoms with Gasteiger partial charge in [0.05, 0.1) is 37.4 Å². The lowest BCUT2D eigenvalue weighted by Gasteiger charge is -2.42. The minimum atomic E-state index is -1.01. The minimum Gasteiger partial charge on any atom is -0.462 e. The van der Waals surface area contributed by atoms with E-state index < -0.39 is 17.8 Å². The van der Waals surface area contributed by atoms with Crippen LogP contribution in [0.15, 0.2) is 48.8 Å². The first kappa shape index (κ1) is 34.2. The molecule has 264 valence electrons. The largest absolute Gasteiger partial charge is 0.462 e. The van der Waals surface area contributed by atoms with Crippen LogP contribution in [0.4, 0.5) is 15.9 Å². The van der Waals surface area contributed by atoms with E-state index in [2.05, 4.69) is 70.8 Å². The van der Waals surface area contributed by atoms with Crippen LogP contribution in [-0.4, -0.2) is 97.0 Å². The summed E-state index contributed by atoms with van der Waals surface area (Å²) in [5, 5.41) is 11.9. The van der Waals surface area contributed by atoms with Crippen LogP contribution < -0.4 is 14.5 Å². The Labute approximate surface area is 293 Å². The first-order chi connectivity index (χ1) is 24.4. The van der Waals surface area contributed by atoms with Gasteiger partial charge in [0.15, 0.2) is 12.1 Å². The molecule has 1 unspecified atom stereocenters. The number of carbonyl (C=O) groups is 1. The van der Waals surface area contributed by atoms with Gasteiger partial charge >= 0.3 is 6.01 Å². The molecule has 50 heavy (non-hydrogen) atoms. The van der Waals surface area contributed by atoms with Gasteiger partial charge in [-0.05, 0) is 69.1 Å². The van der Waals surface area contributed by atoms with Gasteiger partial charge in [-0.2, -0.15) is 15.2 Å². The maximum atomic E-state index is 13.9. The number of fused-ring (bicyclic) bond motifs is 2. The standard InChI is InChI=1S/C38H46FN7O4/c1-26(39)37(47)46-20-19-45(22-29(46)14-16-40)36-31-15-18-44(23-32(31)41-38(42-36)50-25-30-11-7-17-43(30)2)33-12-6-9-27-8-5-10-28(35(27)33)24-49-34-13-3-4-21-48-34/h5-6,8-10,12,29-30,34H,1,3-4,7,11,13-15,17-25H2,2H3/t29-,30-,34?/m0/s1. The van der Waals surface area contributed by atoms with Gasteiger partial charge in [-0.15, -0.1) is 0 Å². The molecule has 1 amide bonds. The van der Waals surface area contributed by atoms with Crippen molar-refractivity contribution < 1.29 is 23.4 Å². The molecule has 0 saturated carbocycles. The first-order valence-electron chi connectivity index (χ1n) is 17.9. The normalized spacial score (nSPS) is 22.7. The maximum Gasteiger partial charge on any atom is 0.318 e. The number of halogens is 1. The first-order valence-corrected chi connectivity index (χ1v) is 17.9. The lowest BCUT2D eigenvalue weighted by Crippen LogP contribution is -2.55. The molecule has 3 atom stereocenters. The molecule has 3 saturated heterocycles. The van der Waals surface area contributed by atoms with Crippen molar-refractivity contribution in [3.8, 4) is 12.1 Å². The van der Waals surface area contributed by atoms with E-state index in [1.54, 1.807) is 0 Å². The summed E-state index contributed by atoms with van der Waals surface area (Å²) in [6.45, 7) is 8.31. The van der Waals surface area contributed by atoms with Gasteiger partial charge in [0.25, 0.3) is 5.91 Å². The number of nitriles is 1. The van der Waals surface area contributed by atoms with Crippen LogP contribution in [0.1, 0.15) is 55.3 Å². The van der Waals surface area contributed by atoms with E-state index in [1.807, 2.05) is 0 Å². The van der Waals surface area contributed by atoms with Gasteiger partial charge in [0, 0.05) is 55.5 Å². The Morgan fingerprint density at radius 2 is 1.92 bits per heavy atom. The fourth-order valence-electron chi connectivity index (χ4n) is 7.84. The highest BCUT2D eigenvalue weighted by atomic mass is 19.1. The van der Waals surface area contributed by atoms with Crippen molar-refractivity contribution >= 4 is 28.2 Å². The van der Waals surface area contributed by atoms with E-state index in [9.17, 15) is 14.4 Å². The highest BCUT2D eigenvalue weighted by Crippen LogP contribution is 2.37. The number of anilines is 2. The Kier molecular flexibility index (Phi) is 10.4. The summed E-state index contributed by atoms with van der Waals surface area (Å²) < 4.78 is 32.4. The van der Waals surface area contributed by atoms with Gasteiger partial charge in [0.2, 0.25) is 0 Å². The van der Waals surface area contributed by atoms with Crippen LogP contribution in [-0.2, 0) is 33.8 Å². The predicted octanol–water partition coefficient (Wildman–Crippen LogP) is 5.12. The lowest BCUT2D eigenvalue weighted by molar-refractivity contribution is -0.168. The van der Waals surface area contributed by atoms with Gasteiger partial charge in [-0.25, -0.2) is 4.39 Å². The van der Waals surface area contributed by atoms with Gasteiger partial charge in [0.1, 0.15) is 12.4 Å². The SMILES string of the molecule is C=C(F)C(=O)N1CCN(c2nc(OC[C@@H]3CCCN3C)nc3c2CCN(c2cccc4cccc(COC5CCCCO5)c24)C3)C[C@@H]1CC#N. The number of hydrogen-bond donors (Lipinski definition) is 0. The molecule has 1 aromatic heterocycles. The Hall–Kier alpha value is -4.31. The van der Waals surface area contributed by atoms with Crippen molar-refractivity contribution in [2.45, 2.75) is 76.5 Å². The summed E-state index contributed by atoms with van der Waals surface area (Å²) in [5.41, 5.74) is 4.18. The number of ether oxygens (including phenoxy) is 3. The van der Waals surface area contributed by atoms with E-state index in [0.29, 0.717) is 51.3 Å². The second-order valence-electron chi connectivity index (χ2n) is 13.8. The Morgan fingerprint density at radius 1 is 1.06 bits per heavy atom. The monoisotopic (exact) mass is 683 g/mol. The Bertz CT molecular complexity index is 1750. The molecule has 0 aliphatic carbocycles. The number of piperazine rings is 1. The number of amides is 1. The molecular weight excluding hydrogens is 637 g/mol. The predicted molar refractivity (Wildman–Crippen MR) is 188 cm³/mol. The van der Waals surface area contributed by atoms with Crippen LogP contribution in [0.5, 0.6) is 6.01 Å². The third kappa shape index (κ3) is 7.26. The zero-order valence-electron chi connectivity index (χ0n) is 28.9. The van der Waals surface area contributed by atoms with Crippen molar-refractivity contribution in [1.82, 2.24) is 19.8 Å². The number of rotatable bonds is 10. The number of likely N-dealkylation sites (tertiary alicyclic amines) is 1. The summed E-state index contributed by atoms with van der Waals surface area (Å²) in [5.74, 6) is -1.02. The minimum absolute atomic E-state index is 0.0773. The second-order valence-corrected chi connectivity index (χ2v) is 13.8. The Balaban J connectivity index is 1.19. The van der Waals surface area contributed by atoms with E-state index in [1.165, 1.54) is 10.3 Å². The van der Waals surface area contributed by atoms with E-state index in [0.717, 1.165) is 85.5 Å². The quantitative estimate of drug-likeness (QED) is 0.267. The van der Waals surface area contributed by atoms with Gasteiger partial charge < -0.3 is 33.8 Å². The number of carbonyl (C=O) groups excluding carboxylic acids is 1. The average molecular weight is 684 g/mol. The molecule has 5 heterocycles. The zero-order chi connectivity index (χ0) is 34.6. The number of nitrogens with zero attached hydrogens (tertiary/aromatic N) is 7. The van der Waals surface area contributed by atoms with E-state index >= 15 is 0 Å². The summed E-state index contributed by atoms with van der Waals surface area (Å²) in [6.07, 6.45) is 5.91. The lowest BCUT2D eigenvalue weighted by atomic mass is 9.99. The highest BCUT2D eigenvalue weighted by molar-refractivity contribution is 5.97. The van der Waals surface area contributed by atoms with Crippen molar-refractivity contribution in [3.63, 3.8) is 0 Å². The van der Waals surface area contributed by atoms with Crippen LogP contribution in [0, 0.1) is 11.3 Å². The van der Waals surface area contributed by atoms with Gasteiger partial charge in [-0.1, -0.05) is 36.9 Å². The fraction of sp³-hybridized carbons (Fsp3) is 0.526. The third-order valence-electron chi connectivity index (χ3n) is 10.6. The molecule has 0 N–H and O–H groups in total. The van der Waals surface area contributed by atoms with Crippen molar-refractivity contribution in [2.24, 2.45) is 0 Å². The Morgan fingerprint density at radius 3 is 2.68 bits per heavy atom. The molecule has 2 aromatic carbocycles. The molecule has 4 aliphatic heterocycles. The van der Waals surface area contributed by atoms with Crippen molar-refractivity contribution in [2.75, 3.05) is 62.8 Å². The molecule has 3 aromatic rings. The molecule has 11 nitrogen and oxygen atoms in total. The number of benzene rings is 2. The van der Waals surface area contributed by atoms with Crippen molar-refractivity contribution in [1.29, 1.82) is 5.26 Å². The molecule has 4 aliphatic rings. The molecule has 0 radical (unpaired) electrons. The summed E-state index contributed by atoms with van der Waals surface area (Å²) in [6, 6.07) is 15.1. The smallest absolute Gasteiger partial charge is 0.318 e. The van der Waals surface area contributed by atoms with E-state index in [4.69, 9.17) is 24.2 Å². The highest BCUT2D eigenvalue weighted by Gasteiger charge is 2.35. The van der Waals surface area contributed by atoms with Crippen LogP contribution in [0.25, 0.3) is 10.8 Å². The molecule has 0 bridgehead atoms. The fourth-order valence-corrected chi connectivity index (χ4v) is 7.84. The van der Waals surface area contributed by atoms with Crippen LogP contribution in [0.3, 0.4) is 0 Å². The number of likely N-dealkylation sites (N-methyl/N-ethyl adjacent to an activating group) is 1. The zero-order valence-corrected chi connectivity index (χ0v) is 28.9. The maximum absolute atomic E-state index is 13.9. The molecule has 0 spiro atoms. The third-order valence-corrected chi connectivity index (χ3v) is 10.6. The number of aromatic nitrogens is 2. The number of hydrogen-bond acceptors (Lipinski definition) is 10. The van der Waals surface area contributed by atoms with Crippen LogP contribution >= 0.6 is 0 Å². The average Bonchev–Trinajstić information content (AvgIpc) is 3.56. The van der Waals surface area contributed by atoms with Gasteiger partial charge in [-0.3, -0.25) is 4.79 Å². The molecule has 12 heteroatoms. The summed E-state index contributed by atoms with van der Waals surface area (Å²) in [7, 11) is 2.12. The summed E-state index contributed by atoms with van der Waals surface area (Å²) >= 11 is 0. The van der Waals surface area contributed by atoms with Crippen molar-refractivity contribution in [3.05, 3.63) is 65.6 Å². The van der Waals surface area contributed by atoms with Crippen LogP contribution in [0.2, 0.25) is 0 Å².